The van der Waals surface area contributed by atoms with Crippen molar-refractivity contribution in [3.05, 3.63) is 30.3 Å². The number of carboxylic acid groups (broad SMARTS) is 1. The van der Waals surface area contributed by atoms with Gasteiger partial charge in [0, 0.05) is 20.1 Å². The first-order valence-electron chi connectivity index (χ1n) is 7.51. The standard InChI is InChI=1S/C15H17F3N2O5S/c1-19(26(24,25)11-5-3-2-4-6-11)9-12(21)20-8-7-14(10-20,13(22)23)15(16,17)18/h2-6H,7-10H2,1H3,(H,22,23). The number of amides is 1. The van der Waals surface area contributed by atoms with E-state index in [1.165, 1.54) is 24.3 Å². The summed E-state index contributed by atoms with van der Waals surface area (Å²) in [6.45, 7) is -2.14. The summed E-state index contributed by atoms with van der Waals surface area (Å²) < 4.78 is 64.9. The summed E-state index contributed by atoms with van der Waals surface area (Å²) in [7, 11) is -2.86. The number of carbonyl (C=O) groups is 2. The molecule has 1 heterocycles. The van der Waals surface area contributed by atoms with Crippen molar-refractivity contribution < 1.29 is 36.3 Å². The van der Waals surface area contributed by atoms with Crippen LogP contribution in [0.4, 0.5) is 13.2 Å². The molecule has 1 N–H and O–H groups in total. The normalized spacial score (nSPS) is 21.2. The van der Waals surface area contributed by atoms with Crippen LogP contribution >= 0.6 is 0 Å². The number of hydrogen-bond acceptors (Lipinski definition) is 4. The Morgan fingerprint density at radius 3 is 2.31 bits per heavy atom. The maximum absolute atomic E-state index is 13.2. The van der Waals surface area contributed by atoms with Crippen LogP contribution in [0.3, 0.4) is 0 Å². The number of likely N-dealkylation sites (tertiary alicyclic amines) is 1. The monoisotopic (exact) mass is 394 g/mol. The highest BCUT2D eigenvalue weighted by Crippen LogP contribution is 2.45. The Balaban J connectivity index is 2.13. The molecule has 1 aliphatic rings. The van der Waals surface area contributed by atoms with Gasteiger partial charge in [0.1, 0.15) is 0 Å². The van der Waals surface area contributed by atoms with Crippen molar-refractivity contribution in [2.75, 3.05) is 26.7 Å². The molecule has 1 unspecified atom stereocenters. The first-order valence-corrected chi connectivity index (χ1v) is 8.95. The maximum Gasteiger partial charge on any atom is 0.406 e. The highest BCUT2D eigenvalue weighted by molar-refractivity contribution is 7.89. The van der Waals surface area contributed by atoms with E-state index in [0.29, 0.717) is 0 Å². The second-order valence-corrected chi connectivity index (χ2v) is 8.07. The van der Waals surface area contributed by atoms with Crippen LogP contribution in [-0.2, 0) is 19.6 Å². The summed E-state index contributed by atoms with van der Waals surface area (Å²) in [5.41, 5.74) is -3.03. The highest BCUT2D eigenvalue weighted by Gasteiger charge is 2.64. The molecule has 1 amide bonds. The zero-order valence-corrected chi connectivity index (χ0v) is 14.5. The minimum absolute atomic E-state index is 0.0631. The first kappa shape index (κ1) is 20.2. The molecule has 0 bridgehead atoms. The third-order valence-corrected chi connectivity index (χ3v) is 6.20. The van der Waals surface area contributed by atoms with Crippen LogP contribution in [-0.4, -0.2) is 67.5 Å². The topological polar surface area (TPSA) is 95.0 Å². The average molecular weight is 394 g/mol. The average Bonchev–Trinajstić information content (AvgIpc) is 3.02. The van der Waals surface area contributed by atoms with Gasteiger partial charge in [0.25, 0.3) is 0 Å². The predicted molar refractivity (Wildman–Crippen MR) is 83.6 cm³/mol. The van der Waals surface area contributed by atoms with Crippen LogP contribution in [0, 0.1) is 5.41 Å². The molecule has 0 spiro atoms. The van der Waals surface area contributed by atoms with Crippen molar-refractivity contribution in [2.24, 2.45) is 5.41 Å². The van der Waals surface area contributed by atoms with Gasteiger partial charge in [0.2, 0.25) is 15.9 Å². The summed E-state index contributed by atoms with van der Waals surface area (Å²) in [5, 5.41) is 8.99. The van der Waals surface area contributed by atoms with Crippen molar-refractivity contribution in [1.29, 1.82) is 0 Å². The maximum atomic E-state index is 13.2. The fourth-order valence-corrected chi connectivity index (χ4v) is 3.84. The van der Waals surface area contributed by atoms with Gasteiger partial charge in [0.05, 0.1) is 11.4 Å². The quantitative estimate of drug-likeness (QED) is 0.809. The number of halogens is 3. The number of likely N-dealkylation sites (N-methyl/N-ethyl adjacent to an activating group) is 1. The molecular formula is C15H17F3N2O5S. The zero-order chi connectivity index (χ0) is 19.8. The zero-order valence-electron chi connectivity index (χ0n) is 13.7. The largest absolute Gasteiger partial charge is 0.481 e. The van der Waals surface area contributed by atoms with Crippen LogP contribution in [0.15, 0.2) is 35.2 Å². The van der Waals surface area contributed by atoms with E-state index < -0.39 is 59.5 Å². The van der Waals surface area contributed by atoms with Gasteiger partial charge in [-0.15, -0.1) is 0 Å². The molecule has 0 aromatic heterocycles. The Bertz CT molecular complexity index is 797. The molecule has 7 nitrogen and oxygen atoms in total. The van der Waals surface area contributed by atoms with Crippen molar-refractivity contribution in [3.8, 4) is 0 Å². The summed E-state index contributed by atoms with van der Waals surface area (Å²) >= 11 is 0. The number of sulfonamides is 1. The summed E-state index contributed by atoms with van der Waals surface area (Å²) in [5.74, 6) is -2.94. The van der Waals surface area contributed by atoms with E-state index in [2.05, 4.69) is 0 Å². The number of carbonyl (C=O) groups excluding carboxylic acids is 1. The molecule has 26 heavy (non-hydrogen) atoms. The van der Waals surface area contributed by atoms with Crippen molar-refractivity contribution >= 4 is 21.9 Å². The molecule has 1 saturated heterocycles. The third kappa shape index (κ3) is 3.54. The lowest BCUT2D eigenvalue weighted by Crippen LogP contribution is -2.48. The molecule has 0 saturated carbocycles. The van der Waals surface area contributed by atoms with E-state index in [1.54, 1.807) is 6.07 Å². The van der Waals surface area contributed by atoms with Crippen molar-refractivity contribution in [1.82, 2.24) is 9.21 Å². The summed E-state index contributed by atoms with van der Waals surface area (Å²) in [4.78, 5) is 24.0. The highest BCUT2D eigenvalue weighted by atomic mass is 32.2. The second-order valence-electron chi connectivity index (χ2n) is 6.02. The van der Waals surface area contributed by atoms with Crippen LogP contribution < -0.4 is 0 Å². The minimum atomic E-state index is -5.02. The molecule has 1 aliphatic heterocycles. The number of hydrogen-bond donors (Lipinski definition) is 1. The summed E-state index contributed by atoms with van der Waals surface area (Å²) in [6, 6.07) is 7.24. The van der Waals surface area contributed by atoms with Gasteiger partial charge in [-0.05, 0) is 18.6 Å². The minimum Gasteiger partial charge on any atom is -0.481 e. The Labute approximate surface area is 148 Å². The molecule has 1 aromatic rings. The Morgan fingerprint density at radius 2 is 1.85 bits per heavy atom. The molecular weight excluding hydrogens is 377 g/mol. The SMILES string of the molecule is CN(CC(=O)N1CCC(C(=O)O)(C(F)(F)F)C1)S(=O)(=O)c1ccccc1. The second kappa shape index (κ2) is 6.88. The molecule has 0 aliphatic carbocycles. The van der Waals surface area contributed by atoms with Crippen molar-refractivity contribution in [3.63, 3.8) is 0 Å². The van der Waals surface area contributed by atoms with Crippen LogP contribution in [0.25, 0.3) is 0 Å². The Kier molecular flexibility index (Phi) is 5.34. The lowest BCUT2D eigenvalue weighted by Gasteiger charge is -2.27. The lowest BCUT2D eigenvalue weighted by atomic mass is 9.86. The van der Waals surface area contributed by atoms with Gasteiger partial charge in [-0.3, -0.25) is 9.59 Å². The van der Waals surface area contributed by atoms with Gasteiger partial charge >= 0.3 is 12.1 Å². The van der Waals surface area contributed by atoms with E-state index in [0.717, 1.165) is 16.3 Å². The molecule has 144 valence electrons. The first-order chi connectivity index (χ1) is 11.9. The fraction of sp³-hybridized carbons (Fsp3) is 0.467. The van der Waals surface area contributed by atoms with Crippen molar-refractivity contribution in [2.45, 2.75) is 17.5 Å². The van der Waals surface area contributed by atoms with E-state index in [1.807, 2.05) is 0 Å². The molecule has 1 aromatic carbocycles. The predicted octanol–water partition coefficient (Wildman–Crippen LogP) is 1.17. The van der Waals surface area contributed by atoms with Crippen LogP contribution in [0.1, 0.15) is 6.42 Å². The van der Waals surface area contributed by atoms with Gasteiger partial charge in [-0.1, -0.05) is 18.2 Å². The Morgan fingerprint density at radius 1 is 1.27 bits per heavy atom. The van der Waals surface area contributed by atoms with Gasteiger partial charge in [0.15, 0.2) is 5.41 Å². The number of carboxylic acids is 1. The van der Waals surface area contributed by atoms with Crippen LogP contribution in [0.5, 0.6) is 0 Å². The molecule has 11 heteroatoms. The van der Waals surface area contributed by atoms with Gasteiger partial charge in [-0.25, -0.2) is 8.42 Å². The van der Waals surface area contributed by atoms with E-state index in [4.69, 9.17) is 5.11 Å². The molecule has 1 atom stereocenters. The Hall–Kier alpha value is -2.14. The van der Waals surface area contributed by atoms with Gasteiger partial charge < -0.3 is 10.0 Å². The smallest absolute Gasteiger partial charge is 0.406 e. The third-order valence-electron chi connectivity index (χ3n) is 4.38. The van der Waals surface area contributed by atoms with E-state index >= 15 is 0 Å². The van der Waals surface area contributed by atoms with Gasteiger partial charge in [-0.2, -0.15) is 17.5 Å². The number of aliphatic carboxylic acids is 1. The molecule has 1 fully saturated rings. The van der Waals surface area contributed by atoms with E-state index in [-0.39, 0.29) is 4.90 Å². The van der Waals surface area contributed by atoms with E-state index in [9.17, 15) is 31.2 Å². The molecule has 2 rings (SSSR count). The number of benzene rings is 1. The number of nitrogens with zero attached hydrogens (tertiary/aromatic N) is 2. The molecule has 0 radical (unpaired) electrons. The lowest BCUT2D eigenvalue weighted by molar-refractivity contribution is -0.227. The van der Waals surface area contributed by atoms with Crippen LogP contribution in [0.2, 0.25) is 0 Å². The summed E-state index contributed by atoms with van der Waals surface area (Å²) in [6.07, 6.45) is -5.79. The number of alkyl halides is 3. The fourth-order valence-electron chi connectivity index (χ4n) is 2.70. The number of rotatable bonds is 5.